The third-order valence-corrected chi connectivity index (χ3v) is 4.53. The van der Waals surface area contributed by atoms with E-state index in [4.69, 9.17) is 4.74 Å². The van der Waals surface area contributed by atoms with Crippen molar-refractivity contribution in [3.05, 3.63) is 67.8 Å². The number of pyridine rings is 1. The van der Waals surface area contributed by atoms with Crippen LogP contribution in [-0.4, -0.2) is 16.1 Å². The minimum Gasteiger partial charge on any atom is -0.458 e. The van der Waals surface area contributed by atoms with E-state index in [1.165, 1.54) is 19.1 Å². The number of hydrogen-bond acceptors (Lipinski definition) is 3. The summed E-state index contributed by atoms with van der Waals surface area (Å²) in [6.45, 7) is 6.17. The Balaban J connectivity index is 2.78. The van der Waals surface area contributed by atoms with E-state index < -0.39 is 46.3 Å². The van der Waals surface area contributed by atoms with Gasteiger partial charge in [-0.05, 0) is 51.5 Å². The third-order valence-electron chi connectivity index (χ3n) is 4.04. The van der Waals surface area contributed by atoms with Gasteiger partial charge in [0.15, 0.2) is 6.04 Å². The first-order valence-electron chi connectivity index (χ1n) is 8.75. The summed E-state index contributed by atoms with van der Waals surface area (Å²) in [6, 6.07) is 2.91. The molecule has 1 aromatic carbocycles. The van der Waals surface area contributed by atoms with Crippen LogP contribution in [0.4, 0.5) is 17.6 Å². The van der Waals surface area contributed by atoms with Gasteiger partial charge in [-0.1, -0.05) is 22.9 Å². The zero-order valence-corrected chi connectivity index (χ0v) is 17.8. The molecular formula is C20H20BrF4NO3. The number of ether oxygens (including phenoxy) is 1. The molecule has 0 aliphatic rings. The summed E-state index contributed by atoms with van der Waals surface area (Å²) in [5, 5.41) is 0. The van der Waals surface area contributed by atoms with Gasteiger partial charge in [0, 0.05) is 21.8 Å². The molecule has 9 heteroatoms. The number of aromatic nitrogens is 1. The van der Waals surface area contributed by atoms with Crippen molar-refractivity contribution in [2.75, 3.05) is 0 Å². The van der Waals surface area contributed by atoms with Gasteiger partial charge in [-0.25, -0.2) is 9.18 Å². The highest BCUT2D eigenvalue weighted by Gasteiger charge is 2.37. The molecule has 0 saturated heterocycles. The van der Waals surface area contributed by atoms with Crippen molar-refractivity contribution >= 4 is 21.9 Å². The standard InChI is InChI=1S/C20H20BrF4NO3/c1-5-12-14(20(23,24)25)8-9-26(17(12)27)16(18(28)29-19(2,3)4)13-10-11(21)6-7-15(13)22/h6-10,16H,5H2,1-4H3. The number of halogens is 5. The lowest BCUT2D eigenvalue weighted by Crippen LogP contribution is -2.37. The number of rotatable bonds is 4. The zero-order chi connectivity index (χ0) is 22.1. The van der Waals surface area contributed by atoms with Gasteiger partial charge in [0.05, 0.1) is 5.56 Å². The Morgan fingerprint density at radius 3 is 2.34 bits per heavy atom. The van der Waals surface area contributed by atoms with E-state index in [1.54, 1.807) is 20.8 Å². The molecule has 0 spiro atoms. The Kier molecular flexibility index (Phi) is 6.61. The second-order valence-electron chi connectivity index (χ2n) is 7.37. The predicted octanol–water partition coefficient (Wildman–Crippen LogP) is 5.26. The molecule has 0 saturated carbocycles. The molecule has 2 aromatic rings. The van der Waals surface area contributed by atoms with Crippen molar-refractivity contribution in [1.29, 1.82) is 0 Å². The van der Waals surface area contributed by atoms with Crippen LogP contribution in [0.25, 0.3) is 0 Å². The van der Waals surface area contributed by atoms with E-state index in [1.807, 2.05) is 0 Å². The minimum atomic E-state index is -4.73. The van der Waals surface area contributed by atoms with Crippen molar-refractivity contribution in [2.45, 2.75) is 51.9 Å². The first kappa shape index (κ1) is 23.1. The molecule has 2 rings (SSSR count). The molecule has 0 N–H and O–H groups in total. The highest BCUT2D eigenvalue weighted by atomic mass is 79.9. The minimum absolute atomic E-state index is 0.197. The molecule has 158 valence electrons. The largest absolute Gasteiger partial charge is 0.458 e. The van der Waals surface area contributed by atoms with Gasteiger partial charge >= 0.3 is 12.1 Å². The summed E-state index contributed by atoms with van der Waals surface area (Å²) >= 11 is 3.18. The first-order valence-corrected chi connectivity index (χ1v) is 9.54. The second kappa shape index (κ2) is 8.30. The van der Waals surface area contributed by atoms with Crippen LogP contribution >= 0.6 is 15.9 Å². The number of hydrogen-bond donors (Lipinski definition) is 0. The summed E-state index contributed by atoms with van der Waals surface area (Å²) < 4.78 is 60.9. The van der Waals surface area contributed by atoms with Crippen LogP contribution in [0.3, 0.4) is 0 Å². The summed E-state index contributed by atoms with van der Waals surface area (Å²) in [4.78, 5) is 25.7. The van der Waals surface area contributed by atoms with E-state index in [0.29, 0.717) is 10.5 Å². The molecule has 1 heterocycles. The fraction of sp³-hybridized carbons (Fsp3) is 0.400. The fourth-order valence-electron chi connectivity index (χ4n) is 2.88. The number of carbonyl (C=O) groups excluding carboxylic acids is 1. The Morgan fingerprint density at radius 1 is 1.21 bits per heavy atom. The normalized spacial score (nSPS) is 13.3. The summed E-state index contributed by atoms with van der Waals surface area (Å²) in [5.74, 6) is -1.76. The Morgan fingerprint density at radius 2 is 1.83 bits per heavy atom. The van der Waals surface area contributed by atoms with Crippen molar-refractivity contribution in [1.82, 2.24) is 4.57 Å². The van der Waals surface area contributed by atoms with Crippen LogP contribution < -0.4 is 5.56 Å². The average Bonchev–Trinajstić information content (AvgIpc) is 2.56. The van der Waals surface area contributed by atoms with Crippen molar-refractivity contribution < 1.29 is 27.1 Å². The van der Waals surface area contributed by atoms with E-state index in [0.717, 1.165) is 16.8 Å². The quantitative estimate of drug-likeness (QED) is 0.445. The number of nitrogens with zero attached hydrogens (tertiary/aromatic N) is 1. The molecule has 0 fully saturated rings. The summed E-state index contributed by atoms with van der Waals surface area (Å²) in [7, 11) is 0. The lowest BCUT2D eigenvalue weighted by molar-refractivity contribution is -0.157. The lowest BCUT2D eigenvalue weighted by atomic mass is 10.0. The Hall–Kier alpha value is -2.16. The maximum atomic E-state index is 14.6. The van der Waals surface area contributed by atoms with E-state index in [2.05, 4.69) is 15.9 Å². The molecule has 4 nitrogen and oxygen atoms in total. The maximum Gasteiger partial charge on any atom is 0.416 e. The average molecular weight is 478 g/mol. The smallest absolute Gasteiger partial charge is 0.416 e. The monoisotopic (exact) mass is 477 g/mol. The van der Waals surface area contributed by atoms with Gasteiger partial charge < -0.3 is 4.74 Å². The molecule has 0 aliphatic heterocycles. The molecular weight excluding hydrogens is 458 g/mol. The van der Waals surface area contributed by atoms with E-state index in [-0.39, 0.29) is 12.0 Å². The van der Waals surface area contributed by atoms with Gasteiger partial charge in [0.25, 0.3) is 5.56 Å². The topological polar surface area (TPSA) is 48.3 Å². The summed E-state index contributed by atoms with van der Waals surface area (Å²) in [6.07, 6.45) is -4.10. The number of carbonyl (C=O) groups is 1. The first-order chi connectivity index (χ1) is 13.3. The molecule has 29 heavy (non-hydrogen) atoms. The van der Waals surface area contributed by atoms with E-state index >= 15 is 0 Å². The molecule has 1 unspecified atom stereocenters. The number of esters is 1. The fourth-order valence-corrected chi connectivity index (χ4v) is 3.26. The molecule has 0 amide bonds. The lowest BCUT2D eigenvalue weighted by Gasteiger charge is -2.26. The van der Waals surface area contributed by atoms with Crippen LogP contribution in [0.5, 0.6) is 0 Å². The summed E-state index contributed by atoms with van der Waals surface area (Å²) in [5.41, 5.74) is -3.78. The molecule has 0 bridgehead atoms. The SMILES string of the molecule is CCc1c(C(F)(F)F)ccn(C(C(=O)OC(C)(C)C)c2cc(Br)ccc2F)c1=O. The van der Waals surface area contributed by atoms with E-state index in [9.17, 15) is 27.2 Å². The second-order valence-corrected chi connectivity index (χ2v) is 8.29. The van der Waals surface area contributed by atoms with Gasteiger partial charge in [0.2, 0.25) is 0 Å². The van der Waals surface area contributed by atoms with Crippen molar-refractivity contribution in [2.24, 2.45) is 0 Å². The van der Waals surface area contributed by atoms with Crippen LogP contribution in [0.2, 0.25) is 0 Å². The highest BCUT2D eigenvalue weighted by Crippen LogP contribution is 2.32. The van der Waals surface area contributed by atoms with Crippen LogP contribution in [-0.2, 0) is 22.1 Å². The Bertz CT molecular complexity index is 977. The van der Waals surface area contributed by atoms with Crippen molar-refractivity contribution in [3.63, 3.8) is 0 Å². The highest BCUT2D eigenvalue weighted by molar-refractivity contribution is 9.10. The van der Waals surface area contributed by atoms with Gasteiger partial charge in [0.1, 0.15) is 11.4 Å². The van der Waals surface area contributed by atoms with Gasteiger partial charge in [-0.2, -0.15) is 13.2 Å². The Labute approximate surface area is 173 Å². The van der Waals surface area contributed by atoms with Crippen molar-refractivity contribution in [3.8, 4) is 0 Å². The maximum absolute atomic E-state index is 14.6. The number of alkyl halides is 3. The van der Waals surface area contributed by atoms with Crippen LogP contribution in [0.15, 0.2) is 39.7 Å². The molecule has 1 atom stereocenters. The third kappa shape index (κ3) is 5.26. The van der Waals surface area contributed by atoms with Gasteiger partial charge in [-0.3, -0.25) is 9.36 Å². The van der Waals surface area contributed by atoms with Crippen LogP contribution in [0.1, 0.15) is 50.4 Å². The predicted molar refractivity (Wildman–Crippen MR) is 103 cm³/mol. The zero-order valence-electron chi connectivity index (χ0n) is 16.2. The number of benzene rings is 1. The molecule has 0 aliphatic carbocycles. The van der Waals surface area contributed by atoms with Gasteiger partial charge in [-0.15, -0.1) is 0 Å². The molecule has 1 aromatic heterocycles. The molecule has 0 radical (unpaired) electrons. The van der Waals surface area contributed by atoms with Crippen LogP contribution in [0, 0.1) is 5.82 Å².